The Morgan fingerprint density at radius 2 is 2.30 bits per heavy atom. The average Bonchev–Trinajstić information content (AvgIpc) is 1.97. The molecule has 0 aliphatic rings. The first-order valence-corrected chi connectivity index (χ1v) is 3.84. The summed E-state index contributed by atoms with van der Waals surface area (Å²) in [5.41, 5.74) is 0. The smallest absolute Gasteiger partial charge is 0.114 e. The number of nitrogens with zero attached hydrogens (tertiary/aromatic N) is 1. The van der Waals surface area contributed by atoms with Crippen LogP contribution < -0.4 is 0 Å². The van der Waals surface area contributed by atoms with Crippen LogP contribution in [0.4, 0.5) is 0 Å². The van der Waals surface area contributed by atoms with Crippen molar-refractivity contribution < 1.29 is 4.84 Å². The number of hydrogen-bond acceptors (Lipinski definition) is 2. The van der Waals surface area contributed by atoms with Gasteiger partial charge in [-0.05, 0) is 19.8 Å². The van der Waals surface area contributed by atoms with E-state index in [4.69, 9.17) is 4.84 Å². The van der Waals surface area contributed by atoms with E-state index in [-0.39, 0.29) is 0 Å². The summed E-state index contributed by atoms with van der Waals surface area (Å²) in [6.07, 6.45) is 6.19. The number of oxime groups is 1. The third-order valence-electron chi connectivity index (χ3n) is 1.11. The summed E-state index contributed by atoms with van der Waals surface area (Å²) in [5, 5.41) is 3.72. The molecule has 0 atom stereocenters. The zero-order valence-electron chi connectivity index (χ0n) is 6.68. The van der Waals surface area contributed by atoms with Crippen molar-refractivity contribution in [1.82, 2.24) is 0 Å². The maximum absolute atomic E-state index is 4.77. The van der Waals surface area contributed by atoms with Crippen LogP contribution in [-0.2, 0) is 4.84 Å². The van der Waals surface area contributed by atoms with Gasteiger partial charge in [-0.1, -0.05) is 24.9 Å². The fourth-order valence-corrected chi connectivity index (χ4v) is 0.592. The minimum atomic E-state index is 0.659. The van der Waals surface area contributed by atoms with Gasteiger partial charge < -0.3 is 4.84 Å². The van der Waals surface area contributed by atoms with Crippen molar-refractivity contribution in [2.75, 3.05) is 6.61 Å². The van der Waals surface area contributed by atoms with E-state index in [1.54, 1.807) is 0 Å². The second kappa shape index (κ2) is 8.47. The molecule has 0 spiro atoms. The van der Waals surface area contributed by atoms with E-state index in [9.17, 15) is 0 Å². The van der Waals surface area contributed by atoms with E-state index in [1.807, 2.05) is 13.1 Å². The highest BCUT2D eigenvalue weighted by Gasteiger charge is 1.81. The van der Waals surface area contributed by atoms with Crippen LogP contribution in [0.25, 0.3) is 0 Å². The van der Waals surface area contributed by atoms with Crippen molar-refractivity contribution in [1.29, 1.82) is 0 Å². The maximum Gasteiger partial charge on any atom is 0.114 e. The van der Waals surface area contributed by atoms with Gasteiger partial charge in [0.15, 0.2) is 0 Å². The van der Waals surface area contributed by atoms with Crippen molar-refractivity contribution in [3.63, 3.8) is 0 Å². The molecule has 0 saturated heterocycles. The lowest BCUT2D eigenvalue weighted by molar-refractivity contribution is 0.160. The Hall–Kier alpha value is -0.530. The molecule has 10 heavy (non-hydrogen) atoms. The summed E-state index contributed by atoms with van der Waals surface area (Å²) in [6.45, 7) is 6.33. The van der Waals surface area contributed by atoms with Crippen molar-refractivity contribution in [2.45, 2.75) is 32.6 Å². The Labute approximate surface area is 63.3 Å². The molecule has 0 aromatic carbocycles. The van der Waals surface area contributed by atoms with Crippen LogP contribution in [0.3, 0.4) is 0 Å². The minimum Gasteiger partial charge on any atom is -0.396 e. The van der Waals surface area contributed by atoms with Gasteiger partial charge in [0.05, 0.1) is 0 Å². The normalized spacial score (nSPS) is 10.6. The zero-order chi connectivity index (χ0) is 7.66. The minimum absolute atomic E-state index is 0.659. The first-order valence-electron chi connectivity index (χ1n) is 3.84. The lowest BCUT2D eigenvalue weighted by Crippen LogP contribution is -1.81. The predicted molar refractivity (Wildman–Crippen MR) is 43.9 cm³/mol. The van der Waals surface area contributed by atoms with Gasteiger partial charge in [-0.15, -0.1) is 0 Å². The SMILES string of the molecule is [CH2]CCCCC=NOCC. The molecule has 0 aromatic heterocycles. The van der Waals surface area contributed by atoms with E-state index >= 15 is 0 Å². The van der Waals surface area contributed by atoms with Gasteiger partial charge in [0.2, 0.25) is 0 Å². The molecule has 0 aromatic rings. The number of hydrogen-bond donors (Lipinski definition) is 0. The molecule has 2 nitrogen and oxygen atoms in total. The van der Waals surface area contributed by atoms with Gasteiger partial charge in [0, 0.05) is 6.21 Å². The molecule has 0 bridgehead atoms. The molecule has 0 saturated carbocycles. The average molecular weight is 142 g/mol. The summed E-state index contributed by atoms with van der Waals surface area (Å²) in [7, 11) is 0. The second-order valence-electron chi connectivity index (χ2n) is 2.06. The number of rotatable bonds is 6. The molecule has 0 N–H and O–H groups in total. The van der Waals surface area contributed by atoms with Crippen molar-refractivity contribution in [3.8, 4) is 0 Å². The van der Waals surface area contributed by atoms with E-state index in [1.165, 1.54) is 12.8 Å². The van der Waals surface area contributed by atoms with Crippen LogP contribution in [0.5, 0.6) is 0 Å². The number of unbranched alkanes of at least 4 members (excludes halogenated alkanes) is 3. The fraction of sp³-hybridized carbons (Fsp3) is 0.750. The third-order valence-corrected chi connectivity index (χ3v) is 1.11. The molecule has 59 valence electrons. The van der Waals surface area contributed by atoms with E-state index in [0.717, 1.165) is 12.8 Å². The molecule has 0 aliphatic heterocycles. The molecule has 0 fully saturated rings. The Bertz CT molecular complexity index is 81.3. The summed E-state index contributed by atoms with van der Waals surface area (Å²) < 4.78 is 0. The largest absolute Gasteiger partial charge is 0.396 e. The Morgan fingerprint density at radius 3 is 2.90 bits per heavy atom. The van der Waals surface area contributed by atoms with Crippen LogP contribution in [-0.4, -0.2) is 12.8 Å². The molecule has 0 rings (SSSR count). The lowest BCUT2D eigenvalue weighted by Gasteiger charge is -1.91. The maximum atomic E-state index is 4.77. The molecule has 0 unspecified atom stereocenters. The predicted octanol–water partition coefficient (Wildman–Crippen LogP) is 2.40. The van der Waals surface area contributed by atoms with Gasteiger partial charge in [0.25, 0.3) is 0 Å². The van der Waals surface area contributed by atoms with Crippen LogP contribution in [0.1, 0.15) is 32.6 Å². The van der Waals surface area contributed by atoms with E-state index in [2.05, 4.69) is 12.1 Å². The highest BCUT2D eigenvalue weighted by atomic mass is 16.6. The van der Waals surface area contributed by atoms with Crippen LogP contribution in [0, 0.1) is 6.92 Å². The van der Waals surface area contributed by atoms with Gasteiger partial charge in [-0.2, -0.15) is 0 Å². The third kappa shape index (κ3) is 7.47. The van der Waals surface area contributed by atoms with Crippen molar-refractivity contribution in [3.05, 3.63) is 6.92 Å². The van der Waals surface area contributed by atoms with Gasteiger partial charge in [0.1, 0.15) is 6.61 Å². The summed E-state index contributed by atoms with van der Waals surface area (Å²) in [4.78, 5) is 4.77. The summed E-state index contributed by atoms with van der Waals surface area (Å²) in [6, 6.07) is 0. The molecule has 0 amide bonds. The first-order chi connectivity index (χ1) is 4.91. The highest BCUT2D eigenvalue weighted by molar-refractivity contribution is 5.56. The van der Waals surface area contributed by atoms with Crippen LogP contribution >= 0.6 is 0 Å². The highest BCUT2D eigenvalue weighted by Crippen LogP contribution is 1.95. The van der Waals surface area contributed by atoms with Crippen molar-refractivity contribution in [2.24, 2.45) is 5.16 Å². The Morgan fingerprint density at radius 1 is 1.50 bits per heavy atom. The summed E-state index contributed by atoms with van der Waals surface area (Å²) in [5.74, 6) is 0. The zero-order valence-corrected chi connectivity index (χ0v) is 6.68. The molecule has 1 radical (unpaired) electrons. The fourth-order valence-electron chi connectivity index (χ4n) is 0.592. The van der Waals surface area contributed by atoms with E-state index in [0.29, 0.717) is 6.61 Å². The molecular formula is C8H16NO. The molecule has 2 heteroatoms. The van der Waals surface area contributed by atoms with Gasteiger partial charge >= 0.3 is 0 Å². The molecular weight excluding hydrogens is 126 g/mol. The Kier molecular flexibility index (Phi) is 8.02. The topological polar surface area (TPSA) is 21.6 Å². The second-order valence-corrected chi connectivity index (χ2v) is 2.06. The van der Waals surface area contributed by atoms with Gasteiger partial charge in [-0.3, -0.25) is 0 Å². The standard InChI is InChI=1S/C8H16NO/c1-3-5-6-7-8-9-10-4-2/h8H,1,3-7H2,2H3. The lowest BCUT2D eigenvalue weighted by atomic mass is 10.2. The van der Waals surface area contributed by atoms with Gasteiger partial charge in [-0.25, -0.2) is 0 Å². The Balaban J connectivity index is 2.88. The van der Waals surface area contributed by atoms with Crippen LogP contribution in [0.15, 0.2) is 5.16 Å². The monoisotopic (exact) mass is 142 g/mol. The molecule has 0 heterocycles. The first kappa shape index (κ1) is 9.47. The molecule has 0 aliphatic carbocycles. The summed E-state index contributed by atoms with van der Waals surface area (Å²) >= 11 is 0. The van der Waals surface area contributed by atoms with E-state index < -0.39 is 0 Å². The van der Waals surface area contributed by atoms with Crippen LogP contribution in [0.2, 0.25) is 0 Å². The van der Waals surface area contributed by atoms with Crippen molar-refractivity contribution >= 4 is 6.21 Å². The quantitative estimate of drug-likeness (QED) is 0.317.